The minimum Gasteiger partial charge on any atom is -0.388 e. The van der Waals surface area contributed by atoms with Crippen molar-refractivity contribution >= 4 is 35.6 Å². The second-order valence-electron chi connectivity index (χ2n) is 5.63. The molecule has 1 aromatic carbocycles. The monoisotopic (exact) mass is 417 g/mol. The van der Waals surface area contributed by atoms with Crippen molar-refractivity contribution in [3.8, 4) is 0 Å². The molecule has 5 heteroatoms. The lowest BCUT2D eigenvalue weighted by atomic mass is 9.98. The van der Waals surface area contributed by atoms with Crippen molar-refractivity contribution in [3.05, 3.63) is 29.8 Å². The third-order valence-corrected chi connectivity index (χ3v) is 4.32. The van der Waals surface area contributed by atoms with E-state index in [1.54, 1.807) is 0 Å². The summed E-state index contributed by atoms with van der Waals surface area (Å²) in [5.41, 5.74) is 1.90. The number of guanidine groups is 1. The van der Waals surface area contributed by atoms with Crippen molar-refractivity contribution in [2.75, 3.05) is 24.5 Å². The van der Waals surface area contributed by atoms with E-state index in [1.807, 2.05) is 13.8 Å². The van der Waals surface area contributed by atoms with Gasteiger partial charge < -0.3 is 15.3 Å². The number of hydrogen-bond acceptors (Lipinski definition) is 2. The van der Waals surface area contributed by atoms with Crippen LogP contribution in [-0.2, 0) is 6.42 Å². The van der Waals surface area contributed by atoms with Crippen molar-refractivity contribution in [2.45, 2.75) is 45.6 Å². The number of fused-ring (bicyclic) bond motifs is 1. The third-order valence-electron chi connectivity index (χ3n) is 4.32. The van der Waals surface area contributed by atoms with Crippen molar-refractivity contribution in [1.29, 1.82) is 0 Å². The maximum atomic E-state index is 10.4. The van der Waals surface area contributed by atoms with Gasteiger partial charge in [0.1, 0.15) is 0 Å². The number of rotatable bonds is 5. The first-order chi connectivity index (χ1) is 10.1. The van der Waals surface area contributed by atoms with Crippen LogP contribution in [0.1, 0.15) is 39.2 Å². The van der Waals surface area contributed by atoms with Gasteiger partial charge in [-0.15, -0.1) is 24.0 Å². The van der Waals surface area contributed by atoms with Gasteiger partial charge >= 0.3 is 0 Å². The van der Waals surface area contributed by atoms with Crippen LogP contribution in [0.3, 0.4) is 0 Å². The summed E-state index contributed by atoms with van der Waals surface area (Å²) >= 11 is 0. The largest absolute Gasteiger partial charge is 0.388 e. The lowest BCUT2D eigenvalue weighted by Crippen LogP contribution is -2.42. The van der Waals surface area contributed by atoms with Gasteiger partial charge in [-0.1, -0.05) is 32.0 Å². The molecule has 0 aliphatic carbocycles. The van der Waals surface area contributed by atoms with Crippen LogP contribution in [0.25, 0.3) is 0 Å². The molecule has 124 valence electrons. The molecular weight excluding hydrogens is 389 g/mol. The fourth-order valence-electron chi connectivity index (χ4n) is 2.65. The maximum Gasteiger partial charge on any atom is 0.198 e. The molecule has 2 rings (SSSR count). The van der Waals surface area contributed by atoms with Gasteiger partial charge in [0.25, 0.3) is 0 Å². The Labute approximate surface area is 151 Å². The highest BCUT2D eigenvalue weighted by atomic mass is 127. The van der Waals surface area contributed by atoms with Gasteiger partial charge in [-0.05, 0) is 37.8 Å². The Hall–Kier alpha value is -0.820. The van der Waals surface area contributed by atoms with E-state index in [0.717, 1.165) is 38.3 Å². The number of anilines is 1. The second kappa shape index (κ2) is 8.72. The van der Waals surface area contributed by atoms with Gasteiger partial charge in [-0.25, -0.2) is 4.99 Å². The van der Waals surface area contributed by atoms with Crippen molar-refractivity contribution in [1.82, 2.24) is 5.32 Å². The normalized spacial score (nSPS) is 14.5. The molecule has 0 radical (unpaired) electrons. The first kappa shape index (κ1) is 19.2. The highest BCUT2D eigenvalue weighted by Gasteiger charge is 2.25. The molecule has 0 aromatic heterocycles. The molecule has 4 nitrogen and oxygen atoms in total. The number of benzene rings is 1. The zero-order chi connectivity index (χ0) is 15.3. The van der Waals surface area contributed by atoms with E-state index < -0.39 is 5.60 Å². The molecule has 0 amide bonds. The van der Waals surface area contributed by atoms with Crippen LogP contribution >= 0.6 is 24.0 Å². The molecular formula is C17H28IN3O. The molecule has 0 fully saturated rings. The number of halogens is 1. The number of nitrogens with zero attached hydrogens (tertiary/aromatic N) is 2. The molecule has 22 heavy (non-hydrogen) atoms. The topological polar surface area (TPSA) is 47.9 Å². The Morgan fingerprint density at radius 1 is 1.27 bits per heavy atom. The highest BCUT2D eigenvalue weighted by Crippen LogP contribution is 2.27. The first-order valence-electron chi connectivity index (χ1n) is 7.99. The Morgan fingerprint density at radius 3 is 2.59 bits per heavy atom. The molecule has 1 aliphatic heterocycles. The molecule has 0 spiro atoms. The summed E-state index contributed by atoms with van der Waals surface area (Å²) in [5.74, 6) is 0.878. The predicted molar refractivity (Wildman–Crippen MR) is 104 cm³/mol. The van der Waals surface area contributed by atoms with E-state index in [1.165, 1.54) is 11.3 Å². The van der Waals surface area contributed by atoms with Gasteiger partial charge in [0.2, 0.25) is 0 Å². The number of nitrogens with one attached hydrogen (secondary N) is 1. The van der Waals surface area contributed by atoms with Gasteiger partial charge in [0.05, 0.1) is 12.1 Å². The standard InChI is InChI=1S/C17H27N3O.HI/c1-4-17(21,5-2)13-19-16(18-6-3)20-12-11-14-9-7-8-10-15(14)20;/h7-10,21H,4-6,11-13H2,1-3H3,(H,18,19);1H. The van der Waals surface area contributed by atoms with Crippen molar-refractivity contribution < 1.29 is 5.11 Å². The molecule has 0 atom stereocenters. The van der Waals surface area contributed by atoms with Crippen molar-refractivity contribution in [3.63, 3.8) is 0 Å². The number of hydrogen-bond donors (Lipinski definition) is 2. The second-order valence-corrected chi connectivity index (χ2v) is 5.63. The third kappa shape index (κ3) is 4.35. The van der Waals surface area contributed by atoms with E-state index in [-0.39, 0.29) is 24.0 Å². The highest BCUT2D eigenvalue weighted by molar-refractivity contribution is 14.0. The van der Waals surface area contributed by atoms with Crippen LogP contribution in [0.4, 0.5) is 5.69 Å². The van der Waals surface area contributed by atoms with E-state index >= 15 is 0 Å². The average Bonchev–Trinajstić information content (AvgIpc) is 2.95. The Morgan fingerprint density at radius 2 is 1.95 bits per heavy atom. The maximum absolute atomic E-state index is 10.4. The van der Waals surface area contributed by atoms with Crippen LogP contribution in [0, 0.1) is 0 Å². The Kier molecular flexibility index (Phi) is 7.62. The van der Waals surface area contributed by atoms with Crippen LogP contribution < -0.4 is 10.2 Å². The smallest absolute Gasteiger partial charge is 0.198 e. The van der Waals surface area contributed by atoms with Crippen LogP contribution in [0.2, 0.25) is 0 Å². The lowest BCUT2D eigenvalue weighted by Gasteiger charge is -2.26. The summed E-state index contributed by atoms with van der Waals surface area (Å²) < 4.78 is 0. The van der Waals surface area contributed by atoms with E-state index in [2.05, 4.69) is 46.4 Å². The minimum atomic E-state index is -0.695. The summed E-state index contributed by atoms with van der Waals surface area (Å²) in [6.45, 7) is 8.31. The van der Waals surface area contributed by atoms with Gasteiger partial charge in [0.15, 0.2) is 5.96 Å². The minimum absolute atomic E-state index is 0. The SMILES string of the molecule is CCNC(=NCC(O)(CC)CC)N1CCc2ccccc21.I. The van der Waals surface area contributed by atoms with E-state index in [4.69, 9.17) is 0 Å². The van der Waals surface area contributed by atoms with Crippen molar-refractivity contribution in [2.24, 2.45) is 4.99 Å². The quantitative estimate of drug-likeness (QED) is 0.440. The Balaban J connectivity index is 0.00000242. The molecule has 0 bridgehead atoms. The van der Waals surface area contributed by atoms with Gasteiger partial charge in [0, 0.05) is 18.8 Å². The number of para-hydroxylation sites is 1. The summed E-state index contributed by atoms with van der Waals surface area (Å²) in [6, 6.07) is 8.46. The summed E-state index contributed by atoms with van der Waals surface area (Å²) in [4.78, 5) is 6.92. The fourth-order valence-corrected chi connectivity index (χ4v) is 2.65. The molecule has 1 aliphatic rings. The zero-order valence-electron chi connectivity index (χ0n) is 13.8. The number of aliphatic hydroxyl groups is 1. The molecule has 0 unspecified atom stereocenters. The summed E-state index contributed by atoms with van der Waals surface area (Å²) in [5, 5.41) is 13.8. The number of aliphatic imine (C=N–C) groups is 1. The van der Waals surface area contributed by atoms with E-state index in [0.29, 0.717) is 6.54 Å². The van der Waals surface area contributed by atoms with Gasteiger partial charge in [-0.2, -0.15) is 0 Å². The molecule has 2 N–H and O–H groups in total. The average molecular weight is 417 g/mol. The van der Waals surface area contributed by atoms with E-state index in [9.17, 15) is 5.11 Å². The van der Waals surface area contributed by atoms with Gasteiger partial charge in [-0.3, -0.25) is 0 Å². The molecule has 1 aromatic rings. The fraction of sp³-hybridized carbons (Fsp3) is 0.588. The Bertz CT molecular complexity index is 500. The summed E-state index contributed by atoms with van der Waals surface area (Å²) in [7, 11) is 0. The predicted octanol–water partition coefficient (Wildman–Crippen LogP) is 3.18. The molecule has 1 heterocycles. The lowest BCUT2D eigenvalue weighted by molar-refractivity contribution is 0.0418. The summed E-state index contributed by atoms with van der Waals surface area (Å²) in [6.07, 6.45) is 2.50. The first-order valence-corrected chi connectivity index (χ1v) is 7.99. The molecule has 0 saturated heterocycles. The van der Waals surface area contributed by atoms with Crippen LogP contribution in [0.5, 0.6) is 0 Å². The zero-order valence-corrected chi connectivity index (χ0v) is 16.1. The van der Waals surface area contributed by atoms with Crippen LogP contribution in [-0.4, -0.2) is 36.3 Å². The molecule has 0 saturated carbocycles. The van der Waals surface area contributed by atoms with Crippen LogP contribution in [0.15, 0.2) is 29.3 Å².